The molecule has 1 heterocycles. The van der Waals surface area contributed by atoms with Crippen molar-refractivity contribution in [1.29, 1.82) is 0 Å². The van der Waals surface area contributed by atoms with Crippen molar-refractivity contribution in [3.63, 3.8) is 0 Å². The first-order valence-electron chi connectivity index (χ1n) is 4.33. The second-order valence-corrected chi connectivity index (χ2v) is 3.32. The second kappa shape index (κ2) is 5.42. The molecule has 1 saturated heterocycles. The van der Waals surface area contributed by atoms with E-state index >= 15 is 0 Å². The first-order valence-corrected chi connectivity index (χ1v) is 4.87. The van der Waals surface area contributed by atoms with Gasteiger partial charge in [0.15, 0.2) is 0 Å². The lowest BCUT2D eigenvalue weighted by atomic mass is 10.2. The number of morpholine rings is 1. The molecule has 0 spiro atoms. The summed E-state index contributed by atoms with van der Waals surface area (Å²) in [4.78, 5) is 13.1. The van der Waals surface area contributed by atoms with Crippen molar-refractivity contribution in [2.24, 2.45) is 0 Å². The molecule has 5 heteroatoms. The molecule has 0 aromatic heterocycles. The molecule has 0 saturated carbocycles. The van der Waals surface area contributed by atoms with E-state index in [-0.39, 0.29) is 18.6 Å². The Bertz CT molecular complexity index is 177. The van der Waals surface area contributed by atoms with Crippen molar-refractivity contribution < 1.29 is 14.6 Å². The fourth-order valence-electron chi connectivity index (χ4n) is 1.36. The van der Waals surface area contributed by atoms with Crippen LogP contribution < -0.4 is 0 Å². The van der Waals surface area contributed by atoms with Crippen LogP contribution in [0.3, 0.4) is 0 Å². The molecule has 76 valence electrons. The standard InChI is InChI=1S/C8H14ClNO3/c9-2-1-8(12)10-3-4-13-6-7(10)5-11/h7,11H,1-6H2. The van der Waals surface area contributed by atoms with E-state index in [0.717, 1.165) is 0 Å². The molecule has 0 radical (unpaired) electrons. The average Bonchev–Trinajstić information content (AvgIpc) is 2.18. The van der Waals surface area contributed by atoms with Gasteiger partial charge in [-0.25, -0.2) is 0 Å². The Labute approximate surface area is 82.4 Å². The Morgan fingerprint density at radius 3 is 3.08 bits per heavy atom. The first-order chi connectivity index (χ1) is 6.29. The molecule has 0 aromatic carbocycles. The molecule has 1 fully saturated rings. The molecule has 1 unspecified atom stereocenters. The van der Waals surface area contributed by atoms with E-state index in [1.807, 2.05) is 0 Å². The number of ether oxygens (including phenoxy) is 1. The third kappa shape index (κ3) is 2.83. The number of aliphatic hydroxyl groups excluding tert-OH is 1. The molecule has 1 atom stereocenters. The Morgan fingerprint density at radius 1 is 1.69 bits per heavy atom. The lowest BCUT2D eigenvalue weighted by Gasteiger charge is -2.34. The highest BCUT2D eigenvalue weighted by atomic mass is 35.5. The van der Waals surface area contributed by atoms with Gasteiger partial charge in [-0.15, -0.1) is 11.6 Å². The summed E-state index contributed by atoms with van der Waals surface area (Å²) in [5.41, 5.74) is 0. The van der Waals surface area contributed by atoms with Crippen LogP contribution in [0.25, 0.3) is 0 Å². The van der Waals surface area contributed by atoms with E-state index in [9.17, 15) is 4.79 Å². The molecule has 0 aliphatic carbocycles. The molecule has 1 aliphatic rings. The maximum absolute atomic E-state index is 11.4. The maximum atomic E-state index is 11.4. The number of hydrogen-bond acceptors (Lipinski definition) is 3. The molecular formula is C8H14ClNO3. The Balaban J connectivity index is 2.48. The highest BCUT2D eigenvalue weighted by Crippen LogP contribution is 2.08. The highest BCUT2D eigenvalue weighted by molar-refractivity contribution is 6.18. The maximum Gasteiger partial charge on any atom is 0.224 e. The van der Waals surface area contributed by atoms with Gasteiger partial charge in [0, 0.05) is 18.8 Å². The van der Waals surface area contributed by atoms with E-state index in [1.165, 1.54) is 0 Å². The van der Waals surface area contributed by atoms with Gasteiger partial charge in [0.25, 0.3) is 0 Å². The number of halogens is 1. The quantitative estimate of drug-likeness (QED) is 0.654. The number of nitrogens with zero attached hydrogens (tertiary/aromatic N) is 1. The zero-order valence-corrected chi connectivity index (χ0v) is 8.16. The van der Waals surface area contributed by atoms with Gasteiger partial charge in [-0.2, -0.15) is 0 Å². The third-order valence-corrected chi connectivity index (χ3v) is 2.26. The normalized spacial score (nSPS) is 23.2. The van der Waals surface area contributed by atoms with Crippen LogP contribution in [-0.2, 0) is 9.53 Å². The number of rotatable bonds is 3. The van der Waals surface area contributed by atoms with Crippen LogP contribution in [0, 0.1) is 0 Å². The van der Waals surface area contributed by atoms with Gasteiger partial charge in [-0.3, -0.25) is 4.79 Å². The van der Waals surface area contributed by atoms with Crippen LogP contribution in [0.1, 0.15) is 6.42 Å². The Hall–Kier alpha value is -0.320. The third-order valence-electron chi connectivity index (χ3n) is 2.07. The lowest BCUT2D eigenvalue weighted by molar-refractivity contribution is -0.141. The molecule has 13 heavy (non-hydrogen) atoms. The molecule has 1 aliphatic heterocycles. The van der Waals surface area contributed by atoms with E-state index < -0.39 is 0 Å². The predicted molar refractivity (Wildman–Crippen MR) is 48.7 cm³/mol. The highest BCUT2D eigenvalue weighted by Gasteiger charge is 2.25. The zero-order chi connectivity index (χ0) is 9.68. The van der Waals surface area contributed by atoms with E-state index in [1.54, 1.807) is 4.90 Å². The summed E-state index contributed by atoms with van der Waals surface area (Å²) in [6.07, 6.45) is 0.331. The number of carbonyl (C=O) groups excluding carboxylic acids is 1. The van der Waals surface area contributed by atoms with Crippen molar-refractivity contribution in [3.05, 3.63) is 0 Å². The topological polar surface area (TPSA) is 49.8 Å². The summed E-state index contributed by atoms with van der Waals surface area (Å²) >= 11 is 5.47. The fourth-order valence-corrected chi connectivity index (χ4v) is 1.52. The summed E-state index contributed by atoms with van der Waals surface area (Å²) in [7, 11) is 0. The van der Waals surface area contributed by atoms with Crippen LogP contribution in [0.15, 0.2) is 0 Å². The SMILES string of the molecule is O=C(CCCl)N1CCOCC1CO. The second-order valence-electron chi connectivity index (χ2n) is 2.94. The minimum atomic E-state index is -0.190. The van der Waals surface area contributed by atoms with Gasteiger partial charge in [0.2, 0.25) is 5.91 Å². The summed E-state index contributed by atoms with van der Waals surface area (Å²) < 4.78 is 5.14. The molecule has 4 nitrogen and oxygen atoms in total. The smallest absolute Gasteiger partial charge is 0.224 e. The molecule has 0 bridgehead atoms. The molecular weight excluding hydrogens is 194 g/mol. The van der Waals surface area contributed by atoms with Crippen molar-refractivity contribution in [2.75, 3.05) is 32.2 Å². The summed E-state index contributed by atoms with van der Waals surface area (Å²) in [5, 5.41) is 8.97. The van der Waals surface area contributed by atoms with Crippen molar-refractivity contribution >= 4 is 17.5 Å². The summed E-state index contributed by atoms with van der Waals surface area (Å²) in [6.45, 7) is 1.48. The number of alkyl halides is 1. The molecule has 0 aromatic rings. The van der Waals surface area contributed by atoms with Crippen LogP contribution >= 0.6 is 11.6 Å². The number of aliphatic hydroxyl groups is 1. The first kappa shape index (κ1) is 10.8. The molecule has 1 rings (SSSR count). The van der Waals surface area contributed by atoms with E-state index in [0.29, 0.717) is 32.1 Å². The van der Waals surface area contributed by atoms with Gasteiger partial charge >= 0.3 is 0 Å². The van der Waals surface area contributed by atoms with Crippen LogP contribution in [0.2, 0.25) is 0 Å². The van der Waals surface area contributed by atoms with Gasteiger partial charge < -0.3 is 14.7 Å². The van der Waals surface area contributed by atoms with Crippen molar-refractivity contribution in [3.8, 4) is 0 Å². The van der Waals surface area contributed by atoms with Crippen molar-refractivity contribution in [2.45, 2.75) is 12.5 Å². The van der Waals surface area contributed by atoms with E-state index in [4.69, 9.17) is 21.4 Å². The van der Waals surface area contributed by atoms with Gasteiger partial charge in [0.1, 0.15) is 0 Å². The van der Waals surface area contributed by atoms with Crippen LogP contribution in [0.4, 0.5) is 0 Å². The minimum absolute atomic E-state index is 0.00245. The Morgan fingerprint density at radius 2 is 2.46 bits per heavy atom. The fraction of sp³-hybridized carbons (Fsp3) is 0.875. The van der Waals surface area contributed by atoms with Gasteiger partial charge in [-0.1, -0.05) is 0 Å². The van der Waals surface area contributed by atoms with E-state index in [2.05, 4.69) is 0 Å². The average molecular weight is 208 g/mol. The van der Waals surface area contributed by atoms with Crippen LogP contribution in [0.5, 0.6) is 0 Å². The number of hydrogen-bond donors (Lipinski definition) is 1. The van der Waals surface area contributed by atoms with Crippen molar-refractivity contribution in [1.82, 2.24) is 4.90 Å². The van der Waals surface area contributed by atoms with Gasteiger partial charge in [-0.05, 0) is 0 Å². The monoisotopic (exact) mass is 207 g/mol. The number of amides is 1. The lowest BCUT2D eigenvalue weighted by Crippen LogP contribution is -2.50. The van der Waals surface area contributed by atoms with Gasteiger partial charge in [0.05, 0.1) is 25.9 Å². The number of carbonyl (C=O) groups is 1. The summed E-state index contributed by atoms with van der Waals surface area (Å²) in [5.74, 6) is 0.325. The molecule has 1 amide bonds. The Kier molecular flexibility index (Phi) is 4.48. The predicted octanol–water partition coefficient (Wildman–Crippen LogP) is -0.165. The molecule has 1 N–H and O–H groups in total. The summed E-state index contributed by atoms with van der Waals surface area (Å²) in [6, 6.07) is -0.190. The zero-order valence-electron chi connectivity index (χ0n) is 7.41. The van der Waals surface area contributed by atoms with Crippen LogP contribution in [-0.4, -0.2) is 54.2 Å². The largest absolute Gasteiger partial charge is 0.394 e. The minimum Gasteiger partial charge on any atom is -0.394 e.